The van der Waals surface area contributed by atoms with Crippen LogP contribution in [0.25, 0.3) is 0 Å². The largest absolute Gasteiger partial charge is 0.480 e. The van der Waals surface area contributed by atoms with Gasteiger partial charge in [0.15, 0.2) is 5.13 Å². The van der Waals surface area contributed by atoms with E-state index in [4.69, 9.17) is 10.8 Å². The Morgan fingerprint density at radius 1 is 1.63 bits per heavy atom. The maximum absolute atomic E-state index is 10.8. The summed E-state index contributed by atoms with van der Waals surface area (Å²) in [5.74, 6) is -1.03. The van der Waals surface area contributed by atoms with Crippen LogP contribution in [0, 0.1) is 5.41 Å². The van der Waals surface area contributed by atoms with E-state index in [0.717, 1.165) is 31.1 Å². The van der Waals surface area contributed by atoms with E-state index in [1.807, 2.05) is 0 Å². The predicted octanol–water partition coefficient (Wildman–Crippen LogP) is 2.24. The highest BCUT2D eigenvalue weighted by Crippen LogP contribution is 2.36. The smallest absolute Gasteiger partial charge is 0.326 e. The molecule has 0 aliphatic carbocycles. The van der Waals surface area contributed by atoms with Crippen LogP contribution in [0.4, 0.5) is 5.13 Å². The van der Waals surface area contributed by atoms with Crippen LogP contribution >= 0.6 is 11.3 Å². The molecule has 1 atom stereocenters. The average molecular weight is 283 g/mol. The van der Waals surface area contributed by atoms with E-state index < -0.39 is 12.0 Å². The Hall–Kier alpha value is -1.14. The minimum Gasteiger partial charge on any atom is -0.480 e. The van der Waals surface area contributed by atoms with Gasteiger partial charge < -0.3 is 15.7 Å². The van der Waals surface area contributed by atoms with Gasteiger partial charge in [0.05, 0.1) is 5.69 Å². The highest BCUT2D eigenvalue weighted by molar-refractivity contribution is 7.13. The van der Waals surface area contributed by atoms with Crippen molar-refractivity contribution in [3.05, 3.63) is 11.1 Å². The first-order chi connectivity index (χ1) is 8.95. The summed E-state index contributed by atoms with van der Waals surface area (Å²) in [5, 5.41) is 11.5. The third-order valence-corrected chi connectivity index (χ3v) is 5.11. The molecular formula is C13H21N3O2S. The second-order valence-electron chi connectivity index (χ2n) is 5.52. The molecule has 3 N–H and O–H groups in total. The van der Waals surface area contributed by atoms with E-state index in [2.05, 4.69) is 23.7 Å². The third kappa shape index (κ3) is 3.06. The van der Waals surface area contributed by atoms with Gasteiger partial charge in [0, 0.05) is 18.5 Å². The number of hydrogen-bond acceptors (Lipinski definition) is 5. The van der Waals surface area contributed by atoms with Crippen LogP contribution in [0.5, 0.6) is 0 Å². The number of anilines is 1. The summed E-state index contributed by atoms with van der Waals surface area (Å²) in [7, 11) is 0. The molecule has 6 heteroatoms. The van der Waals surface area contributed by atoms with Crippen LogP contribution in [-0.4, -0.2) is 29.1 Å². The quantitative estimate of drug-likeness (QED) is 0.886. The lowest BCUT2D eigenvalue weighted by Gasteiger charge is -2.38. The van der Waals surface area contributed by atoms with E-state index in [1.165, 1.54) is 17.8 Å². The molecule has 1 aliphatic rings. The molecule has 0 spiro atoms. The first-order valence-electron chi connectivity index (χ1n) is 6.64. The summed E-state index contributed by atoms with van der Waals surface area (Å²) < 4.78 is 0. The second-order valence-corrected chi connectivity index (χ2v) is 6.36. The highest BCUT2D eigenvalue weighted by Gasteiger charge is 2.29. The topological polar surface area (TPSA) is 79.5 Å². The molecule has 1 aromatic rings. The highest BCUT2D eigenvalue weighted by atomic mass is 32.1. The summed E-state index contributed by atoms with van der Waals surface area (Å²) in [4.78, 5) is 17.4. The maximum Gasteiger partial charge on any atom is 0.326 e. The van der Waals surface area contributed by atoms with Gasteiger partial charge in [-0.1, -0.05) is 20.3 Å². The Labute approximate surface area is 117 Å². The Bertz CT molecular complexity index is 452. The molecule has 2 heterocycles. The summed E-state index contributed by atoms with van der Waals surface area (Å²) in [6.45, 7) is 6.54. The number of nitrogens with two attached hydrogens (primary N) is 1. The zero-order valence-electron chi connectivity index (χ0n) is 11.4. The standard InChI is InChI=1S/C13H21N3O2S/c1-3-13(2)4-6-16(7-5-13)12-15-9(8-19-12)10(14)11(17)18/h8,10H,3-7,14H2,1-2H3,(H,17,18). The first kappa shape index (κ1) is 14.3. The number of aliphatic carboxylic acids is 1. The van der Waals surface area contributed by atoms with Crippen molar-refractivity contribution in [1.82, 2.24) is 4.98 Å². The molecule has 106 valence electrons. The van der Waals surface area contributed by atoms with Gasteiger partial charge in [-0.15, -0.1) is 11.3 Å². The maximum atomic E-state index is 10.8. The van der Waals surface area contributed by atoms with Crippen molar-refractivity contribution >= 4 is 22.4 Å². The summed E-state index contributed by atoms with van der Waals surface area (Å²) >= 11 is 1.48. The number of carbonyl (C=O) groups is 1. The zero-order chi connectivity index (χ0) is 14.0. The molecule has 1 saturated heterocycles. The van der Waals surface area contributed by atoms with Crippen molar-refractivity contribution in [3.63, 3.8) is 0 Å². The number of carboxylic acid groups (broad SMARTS) is 1. The lowest BCUT2D eigenvalue weighted by Crippen LogP contribution is -2.38. The fraction of sp³-hybridized carbons (Fsp3) is 0.692. The summed E-state index contributed by atoms with van der Waals surface area (Å²) in [5.41, 5.74) is 6.46. The SMILES string of the molecule is CCC1(C)CCN(c2nc(C(N)C(=O)O)cs2)CC1. The van der Waals surface area contributed by atoms with E-state index in [-0.39, 0.29) is 0 Å². The van der Waals surface area contributed by atoms with Crippen LogP contribution in [-0.2, 0) is 4.79 Å². The minimum atomic E-state index is -1.03. The van der Waals surface area contributed by atoms with Gasteiger partial charge in [-0.25, -0.2) is 4.98 Å². The Morgan fingerprint density at radius 2 is 2.26 bits per heavy atom. The van der Waals surface area contributed by atoms with E-state index in [1.54, 1.807) is 5.38 Å². The number of rotatable bonds is 4. The van der Waals surface area contributed by atoms with Crippen molar-refractivity contribution in [2.75, 3.05) is 18.0 Å². The minimum absolute atomic E-state index is 0.439. The molecule has 0 aromatic carbocycles. The molecule has 1 aliphatic heterocycles. The van der Waals surface area contributed by atoms with Gasteiger partial charge in [-0.3, -0.25) is 4.79 Å². The number of hydrogen-bond donors (Lipinski definition) is 2. The van der Waals surface area contributed by atoms with Gasteiger partial charge >= 0.3 is 5.97 Å². The molecule has 1 aromatic heterocycles. The van der Waals surface area contributed by atoms with Crippen LogP contribution < -0.4 is 10.6 Å². The fourth-order valence-corrected chi connectivity index (χ4v) is 3.20. The second kappa shape index (κ2) is 5.46. The van der Waals surface area contributed by atoms with Crippen molar-refractivity contribution in [2.24, 2.45) is 11.1 Å². The molecule has 0 bridgehead atoms. The van der Waals surface area contributed by atoms with Crippen molar-refractivity contribution in [1.29, 1.82) is 0 Å². The van der Waals surface area contributed by atoms with Crippen molar-refractivity contribution in [3.8, 4) is 0 Å². The van der Waals surface area contributed by atoms with Crippen LogP contribution in [0.3, 0.4) is 0 Å². The Kier molecular flexibility index (Phi) is 4.10. The fourth-order valence-electron chi connectivity index (χ4n) is 2.28. The molecular weight excluding hydrogens is 262 g/mol. The van der Waals surface area contributed by atoms with E-state index in [9.17, 15) is 4.79 Å². The molecule has 1 fully saturated rings. The van der Waals surface area contributed by atoms with Crippen molar-refractivity contribution in [2.45, 2.75) is 39.2 Å². The number of carboxylic acids is 1. The number of nitrogens with zero attached hydrogens (tertiary/aromatic N) is 2. The lowest BCUT2D eigenvalue weighted by atomic mass is 9.78. The normalized spacial score (nSPS) is 20.3. The number of aromatic nitrogens is 1. The Morgan fingerprint density at radius 3 is 2.79 bits per heavy atom. The summed E-state index contributed by atoms with van der Waals surface area (Å²) in [6.07, 6.45) is 3.51. The van der Waals surface area contributed by atoms with Gasteiger partial charge in [-0.2, -0.15) is 0 Å². The Balaban J connectivity index is 2.03. The van der Waals surface area contributed by atoms with Gasteiger partial charge in [0.1, 0.15) is 6.04 Å². The van der Waals surface area contributed by atoms with Gasteiger partial charge in [0.2, 0.25) is 0 Å². The molecule has 5 nitrogen and oxygen atoms in total. The molecule has 19 heavy (non-hydrogen) atoms. The molecule has 0 amide bonds. The van der Waals surface area contributed by atoms with Crippen LogP contribution in [0.1, 0.15) is 44.8 Å². The average Bonchev–Trinajstić information content (AvgIpc) is 2.88. The predicted molar refractivity (Wildman–Crippen MR) is 76.5 cm³/mol. The van der Waals surface area contributed by atoms with Crippen molar-refractivity contribution < 1.29 is 9.90 Å². The van der Waals surface area contributed by atoms with Crippen LogP contribution in [0.15, 0.2) is 5.38 Å². The van der Waals surface area contributed by atoms with E-state index >= 15 is 0 Å². The third-order valence-electron chi connectivity index (χ3n) is 4.19. The number of thiazole rings is 1. The van der Waals surface area contributed by atoms with Gasteiger partial charge in [0.25, 0.3) is 0 Å². The first-order valence-corrected chi connectivity index (χ1v) is 7.52. The monoisotopic (exact) mass is 283 g/mol. The zero-order valence-corrected chi connectivity index (χ0v) is 12.2. The molecule has 2 rings (SSSR count). The van der Waals surface area contributed by atoms with E-state index in [0.29, 0.717) is 11.1 Å². The van der Waals surface area contributed by atoms with Gasteiger partial charge in [-0.05, 0) is 18.3 Å². The molecule has 0 saturated carbocycles. The molecule has 0 radical (unpaired) electrons. The number of piperidine rings is 1. The molecule has 1 unspecified atom stereocenters. The van der Waals surface area contributed by atoms with Crippen LogP contribution in [0.2, 0.25) is 0 Å². The lowest BCUT2D eigenvalue weighted by molar-refractivity contribution is -0.138. The summed E-state index contributed by atoms with van der Waals surface area (Å²) in [6, 6.07) is -1.02.